The van der Waals surface area contributed by atoms with Crippen LogP contribution in [0.2, 0.25) is 0 Å². The summed E-state index contributed by atoms with van der Waals surface area (Å²) in [6.45, 7) is -0.0863. The molecule has 2 aromatic carbocycles. The number of nitriles is 1. The van der Waals surface area contributed by atoms with Gasteiger partial charge in [-0.1, -0.05) is 18.2 Å². The van der Waals surface area contributed by atoms with Gasteiger partial charge in [-0.15, -0.1) is 0 Å². The number of benzene rings is 2. The van der Waals surface area contributed by atoms with Crippen molar-refractivity contribution < 1.29 is 22.7 Å². The van der Waals surface area contributed by atoms with Gasteiger partial charge in [0.15, 0.2) is 0 Å². The van der Waals surface area contributed by atoms with E-state index in [4.69, 9.17) is 14.7 Å². The molecule has 0 saturated heterocycles. The molecule has 7 nitrogen and oxygen atoms in total. The summed E-state index contributed by atoms with van der Waals surface area (Å²) in [6, 6.07) is 12.8. The van der Waals surface area contributed by atoms with Gasteiger partial charge in [-0.2, -0.15) is 5.26 Å². The van der Waals surface area contributed by atoms with E-state index in [1.807, 2.05) is 6.07 Å². The number of carbonyl (C=O) groups is 1. The van der Waals surface area contributed by atoms with Crippen LogP contribution in [-0.4, -0.2) is 27.5 Å². The van der Waals surface area contributed by atoms with Crippen LogP contribution in [0.5, 0.6) is 5.75 Å². The Hall–Kier alpha value is -2.89. The van der Waals surface area contributed by atoms with Crippen LogP contribution in [-0.2, 0) is 21.4 Å². The monoisotopic (exact) mass is 386 g/mol. The number of methoxy groups -OCH3 is 1. The lowest BCUT2D eigenvalue weighted by Crippen LogP contribution is -2.26. The number of hydrogen-bond acceptors (Lipinski definition) is 6. The molecule has 0 unspecified atom stereocenters. The second-order valence-corrected chi connectivity index (χ2v) is 7.79. The Bertz CT molecular complexity index is 1010. The van der Waals surface area contributed by atoms with E-state index in [9.17, 15) is 13.2 Å². The lowest BCUT2D eigenvalue weighted by atomic mass is 10.1. The molecule has 1 saturated carbocycles. The number of sulfonamides is 1. The van der Waals surface area contributed by atoms with Crippen molar-refractivity contribution in [2.45, 2.75) is 30.4 Å². The molecule has 0 aromatic heterocycles. The Morgan fingerprint density at radius 3 is 2.67 bits per heavy atom. The summed E-state index contributed by atoms with van der Waals surface area (Å²) in [5.74, 6) is -0.539. The van der Waals surface area contributed by atoms with Crippen LogP contribution in [0.3, 0.4) is 0 Å². The number of esters is 1. The molecule has 1 N–H and O–H groups in total. The predicted molar refractivity (Wildman–Crippen MR) is 96.6 cm³/mol. The molecule has 1 aliphatic carbocycles. The van der Waals surface area contributed by atoms with Crippen LogP contribution >= 0.6 is 0 Å². The van der Waals surface area contributed by atoms with E-state index < -0.39 is 16.0 Å². The number of ether oxygens (including phenoxy) is 2. The lowest BCUT2D eigenvalue weighted by Gasteiger charge is -2.12. The smallest absolute Gasteiger partial charge is 0.338 e. The summed E-state index contributed by atoms with van der Waals surface area (Å²) in [5.41, 5.74) is 1.07. The fourth-order valence-corrected chi connectivity index (χ4v) is 3.98. The first-order valence-corrected chi connectivity index (χ1v) is 9.78. The molecule has 0 radical (unpaired) electrons. The number of nitrogens with one attached hydrogen (secondary N) is 1. The number of nitrogens with zero attached hydrogens (tertiary/aromatic N) is 1. The SMILES string of the molecule is COc1ccc(C(=O)OCc2ccccc2C#N)cc1S(=O)(=O)NC1CC1. The molecule has 0 aliphatic heterocycles. The Morgan fingerprint density at radius 1 is 1.26 bits per heavy atom. The number of rotatable bonds is 7. The maximum atomic E-state index is 12.5. The van der Waals surface area contributed by atoms with Crippen LogP contribution < -0.4 is 9.46 Å². The van der Waals surface area contributed by atoms with E-state index in [0.29, 0.717) is 11.1 Å². The highest BCUT2D eigenvalue weighted by atomic mass is 32.2. The van der Waals surface area contributed by atoms with Crippen molar-refractivity contribution in [1.29, 1.82) is 5.26 Å². The van der Waals surface area contributed by atoms with Crippen molar-refractivity contribution >= 4 is 16.0 Å². The van der Waals surface area contributed by atoms with Gasteiger partial charge >= 0.3 is 5.97 Å². The number of hydrogen-bond donors (Lipinski definition) is 1. The predicted octanol–water partition coefficient (Wildman–Crippen LogP) is 2.36. The van der Waals surface area contributed by atoms with Crippen molar-refractivity contribution in [1.82, 2.24) is 4.72 Å². The second-order valence-electron chi connectivity index (χ2n) is 6.11. The van der Waals surface area contributed by atoms with Gasteiger partial charge < -0.3 is 9.47 Å². The zero-order chi connectivity index (χ0) is 19.4. The van der Waals surface area contributed by atoms with E-state index in [2.05, 4.69) is 4.72 Å². The van der Waals surface area contributed by atoms with Gasteiger partial charge in [0.05, 0.1) is 24.3 Å². The van der Waals surface area contributed by atoms with Crippen molar-refractivity contribution in [3.05, 3.63) is 59.2 Å². The number of carbonyl (C=O) groups excluding carboxylic acids is 1. The van der Waals surface area contributed by atoms with Gasteiger partial charge in [-0.05, 0) is 37.1 Å². The lowest BCUT2D eigenvalue weighted by molar-refractivity contribution is 0.0472. The van der Waals surface area contributed by atoms with E-state index in [0.717, 1.165) is 12.8 Å². The Balaban J connectivity index is 1.81. The summed E-state index contributed by atoms with van der Waals surface area (Å²) in [4.78, 5) is 12.3. The molecular weight excluding hydrogens is 368 g/mol. The first kappa shape index (κ1) is 18.9. The molecule has 0 bridgehead atoms. The van der Waals surface area contributed by atoms with Crippen LogP contribution in [0.4, 0.5) is 0 Å². The fraction of sp³-hybridized carbons (Fsp3) is 0.263. The van der Waals surface area contributed by atoms with Crippen LogP contribution in [0.1, 0.15) is 34.3 Å². The normalized spacial score (nSPS) is 13.6. The van der Waals surface area contributed by atoms with Crippen LogP contribution in [0, 0.1) is 11.3 Å². The Labute approximate surface area is 157 Å². The molecule has 0 amide bonds. The standard InChI is InChI=1S/C19H18N2O5S/c1-25-17-9-6-13(10-18(17)27(23,24)21-16-7-8-16)19(22)26-12-15-5-3-2-4-14(15)11-20/h2-6,9-10,16,21H,7-8,12H2,1H3. The molecule has 0 heterocycles. The topological polar surface area (TPSA) is 105 Å². The minimum Gasteiger partial charge on any atom is -0.495 e. The fourth-order valence-electron chi connectivity index (χ4n) is 2.48. The van der Waals surface area contributed by atoms with Crippen molar-refractivity contribution in [2.75, 3.05) is 7.11 Å². The van der Waals surface area contributed by atoms with E-state index in [1.165, 1.54) is 25.3 Å². The molecule has 140 valence electrons. The molecule has 1 aliphatic rings. The first-order valence-electron chi connectivity index (χ1n) is 8.30. The second kappa shape index (κ2) is 7.78. The molecular formula is C19H18N2O5S. The average molecular weight is 386 g/mol. The molecule has 2 aromatic rings. The van der Waals surface area contributed by atoms with Crippen molar-refractivity contribution in [3.8, 4) is 11.8 Å². The van der Waals surface area contributed by atoms with Crippen molar-refractivity contribution in [2.24, 2.45) is 0 Å². The summed E-state index contributed by atoms with van der Waals surface area (Å²) in [5, 5.41) is 9.08. The highest BCUT2D eigenvalue weighted by molar-refractivity contribution is 7.89. The summed E-state index contributed by atoms with van der Waals surface area (Å²) >= 11 is 0. The quantitative estimate of drug-likeness (QED) is 0.733. The Morgan fingerprint density at radius 2 is 2.00 bits per heavy atom. The zero-order valence-corrected chi connectivity index (χ0v) is 15.5. The molecule has 0 spiro atoms. The van der Waals surface area contributed by atoms with Crippen molar-refractivity contribution in [3.63, 3.8) is 0 Å². The van der Waals surface area contributed by atoms with Gasteiger partial charge in [0, 0.05) is 11.6 Å². The maximum absolute atomic E-state index is 12.5. The molecule has 0 atom stereocenters. The van der Waals surface area contributed by atoms with Gasteiger partial charge in [0.1, 0.15) is 17.3 Å². The van der Waals surface area contributed by atoms with Gasteiger partial charge in [-0.25, -0.2) is 17.9 Å². The average Bonchev–Trinajstić information content (AvgIpc) is 3.49. The van der Waals surface area contributed by atoms with E-state index in [-0.39, 0.29) is 28.9 Å². The third kappa shape index (κ3) is 4.45. The third-order valence-corrected chi connectivity index (χ3v) is 5.63. The molecule has 27 heavy (non-hydrogen) atoms. The minimum absolute atomic E-state index is 0.0715. The van der Waals surface area contributed by atoms with E-state index >= 15 is 0 Å². The first-order chi connectivity index (χ1) is 12.9. The molecule has 3 rings (SSSR count). The summed E-state index contributed by atoms with van der Waals surface area (Å²) in [7, 11) is -2.44. The highest BCUT2D eigenvalue weighted by Crippen LogP contribution is 2.28. The van der Waals surface area contributed by atoms with Gasteiger partial charge in [0.25, 0.3) is 0 Å². The third-order valence-electron chi connectivity index (χ3n) is 4.08. The van der Waals surface area contributed by atoms with Crippen LogP contribution in [0.15, 0.2) is 47.4 Å². The maximum Gasteiger partial charge on any atom is 0.338 e. The zero-order valence-electron chi connectivity index (χ0n) is 14.6. The minimum atomic E-state index is -3.80. The largest absolute Gasteiger partial charge is 0.495 e. The molecule has 1 fully saturated rings. The highest BCUT2D eigenvalue weighted by Gasteiger charge is 2.30. The summed E-state index contributed by atoms with van der Waals surface area (Å²) in [6.07, 6.45) is 1.59. The van der Waals surface area contributed by atoms with Gasteiger partial charge in [0.2, 0.25) is 10.0 Å². The Kier molecular flexibility index (Phi) is 5.44. The summed E-state index contributed by atoms with van der Waals surface area (Å²) < 4.78 is 38.0. The van der Waals surface area contributed by atoms with Crippen LogP contribution in [0.25, 0.3) is 0 Å². The molecule has 8 heteroatoms. The van der Waals surface area contributed by atoms with E-state index in [1.54, 1.807) is 24.3 Å². The van der Waals surface area contributed by atoms with Gasteiger partial charge in [-0.3, -0.25) is 0 Å².